The molecule has 5 atom stereocenters. The summed E-state index contributed by atoms with van der Waals surface area (Å²) in [6.45, 7) is 2.34. The van der Waals surface area contributed by atoms with Crippen LogP contribution in [-0.2, 0) is 23.2 Å². The number of nitrogens with zero attached hydrogens (tertiary/aromatic N) is 1. The quantitative estimate of drug-likeness (QED) is 0.482. The highest BCUT2D eigenvalue weighted by atomic mass is 31.2. The minimum atomic E-state index is -4.97. The van der Waals surface area contributed by atoms with Crippen LogP contribution in [0.3, 0.4) is 0 Å². The second-order valence-corrected chi connectivity index (χ2v) is 8.83. The number of aliphatic hydroxyl groups excluding tert-OH is 1. The number of ether oxygens (including phenoxy) is 1. The van der Waals surface area contributed by atoms with Crippen LogP contribution in [0.15, 0.2) is 23.7 Å². The van der Waals surface area contributed by atoms with Gasteiger partial charge in [-0.2, -0.15) is 0 Å². The molecule has 25 heavy (non-hydrogen) atoms. The minimum Gasteiger partial charge on any atom is -0.808 e. The molecule has 13 heteroatoms. The smallest absolute Gasteiger partial charge is 0.251 e. The average molecular weight is 395 g/mol. The van der Waals surface area contributed by atoms with E-state index in [0.29, 0.717) is 5.82 Å². The first-order valence-corrected chi connectivity index (χ1v) is 10.7. The van der Waals surface area contributed by atoms with Gasteiger partial charge in [-0.05, 0) is 14.5 Å². The fraction of sp³-hybridized carbons (Fsp3) is 0.583. The Morgan fingerprint density at radius 1 is 1.44 bits per heavy atom. The molecule has 2 rings (SSSR count). The van der Waals surface area contributed by atoms with Gasteiger partial charge < -0.3 is 48.4 Å². The van der Waals surface area contributed by atoms with Gasteiger partial charge >= 0.3 is 0 Å². The summed E-state index contributed by atoms with van der Waals surface area (Å²) in [5.41, 5.74) is 0.277. The summed E-state index contributed by atoms with van der Waals surface area (Å²) in [5.74, 6) is -0.112. The summed E-state index contributed by atoms with van der Waals surface area (Å²) >= 11 is 0. The fourth-order valence-corrected chi connectivity index (χ4v) is 3.54. The van der Waals surface area contributed by atoms with E-state index in [9.17, 15) is 33.7 Å². The number of nitrogens with one attached hydrogen (secondary N) is 1. The van der Waals surface area contributed by atoms with Crippen molar-refractivity contribution in [2.45, 2.75) is 38.1 Å². The van der Waals surface area contributed by atoms with Crippen molar-refractivity contribution in [2.75, 3.05) is 6.66 Å². The van der Waals surface area contributed by atoms with Gasteiger partial charge in [-0.1, -0.05) is 11.9 Å². The van der Waals surface area contributed by atoms with E-state index in [4.69, 9.17) is 9.26 Å². The lowest BCUT2D eigenvalue weighted by Gasteiger charge is -2.35. The Balaban J connectivity index is 2.22. The van der Waals surface area contributed by atoms with Crippen LogP contribution in [0.5, 0.6) is 0 Å². The van der Waals surface area contributed by atoms with E-state index in [1.165, 1.54) is 18.0 Å². The molecule has 2 N–H and O–H groups in total. The maximum absolute atomic E-state index is 11.5. The summed E-state index contributed by atoms with van der Waals surface area (Å²) in [6, 6.07) is 0. The number of hydrogen-bond acceptors (Lipinski definition) is 10. The Morgan fingerprint density at radius 2 is 2.08 bits per heavy atom. The molecule has 142 valence electrons. The minimum absolute atomic E-state index is 0.0617. The zero-order chi connectivity index (χ0) is 19.0. The van der Waals surface area contributed by atoms with Crippen LogP contribution in [0.4, 0.5) is 0 Å². The Kier molecular flexibility index (Phi) is 5.92. The molecule has 5 unspecified atom stereocenters. The van der Waals surface area contributed by atoms with E-state index < -0.39 is 45.9 Å². The lowest BCUT2D eigenvalue weighted by atomic mass is 10.1. The third-order valence-electron chi connectivity index (χ3n) is 3.48. The van der Waals surface area contributed by atoms with Crippen LogP contribution in [0.1, 0.15) is 13.3 Å². The summed E-state index contributed by atoms with van der Waals surface area (Å²) in [7, 11) is -9.15. The molecule has 2 aliphatic rings. The predicted octanol–water partition coefficient (Wildman–Crippen LogP) is -2.29. The predicted molar refractivity (Wildman–Crippen MR) is 78.2 cm³/mol. The number of amides is 1. The molecule has 1 saturated heterocycles. The molecule has 0 saturated carbocycles. The van der Waals surface area contributed by atoms with Gasteiger partial charge in [0.2, 0.25) is 6.35 Å². The molecule has 2 aliphatic heterocycles. The van der Waals surface area contributed by atoms with E-state index in [0.717, 1.165) is 12.7 Å². The largest absolute Gasteiger partial charge is 0.808 e. The fourth-order valence-electron chi connectivity index (χ4n) is 2.46. The third kappa shape index (κ3) is 5.73. The van der Waals surface area contributed by atoms with E-state index >= 15 is 0 Å². The zero-order valence-electron chi connectivity index (χ0n) is 13.3. The van der Waals surface area contributed by atoms with Crippen molar-refractivity contribution >= 4 is 21.1 Å². The molecular weight excluding hydrogens is 378 g/mol. The topological polar surface area (TPSA) is 174 Å². The van der Waals surface area contributed by atoms with Gasteiger partial charge in [-0.15, -0.1) is 0 Å². The summed E-state index contributed by atoms with van der Waals surface area (Å²) in [5, 5.41) is 12.2. The van der Waals surface area contributed by atoms with Gasteiger partial charge in [0.25, 0.3) is 5.91 Å². The summed E-state index contributed by atoms with van der Waals surface area (Å²) in [4.78, 5) is 45.6. The van der Waals surface area contributed by atoms with Crippen LogP contribution < -0.4 is 20.0 Å². The van der Waals surface area contributed by atoms with Gasteiger partial charge in [-0.25, -0.2) is 0 Å². The molecule has 0 radical (unpaired) electrons. The first kappa shape index (κ1) is 20.3. The Morgan fingerprint density at radius 3 is 2.64 bits per heavy atom. The molecular formula is C12H17N2O9P2-3. The van der Waals surface area contributed by atoms with Crippen molar-refractivity contribution in [2.24, 2.45) is 0 Å². The summed E-state index contributed by atoms with van der Waals surface area (Å²) in [6.07, 6.45) is -2.43. The number of rotatable bonds is 5. The van der Waals surface area contributed by atoms with Crippen LogP contribution in [0.2, 0.25) is 0 Å². The molecule has 1 fully saturated rings. The lowest BCUT2D eigenvalue weighted by Crippen LogP contribution is -2.53. The molecule has 1 amide bonds. The van der Waals surface area contributed by atoms with Crippen LogP contribution in [-0.4, -0.2) is 47.4 Å². The van der Waals surface area contributed by atoms with E-state index in [2.05, 4.69) is 5.32 Å². The molecule has 0 aliphatic carbocycles. The Hall–Kier alpha value is -1.03. The van der Waals surface area contributed by atoms with Crippen molar-refractivity contribution in [3.05, 3.63) is 23.7 Å². The highest BCUT2D eigenvalue weighted by Gasteiger charge is 2.41. The van der Waals surface area contributed by atoms with E-state index in [-0.39, 0.29) is 12.0 Å². The van der Waals surface area contributed by atoms with Crippen LogP contribution >= 0.6 is 15.2 Å². The highest BCUT2D eigenvalue weighted by Crippen LogP contribution is 2.40. The first-order chi connectivity index (χ1) is 11.4. The SMILES string of the molecule is CC1=CN(C2CC(OP(C)(=O)[O-])C(/C=C/P(=O)([O-])[O-])O2)C(O)NC1=O. The van der Waals surface area contributed by atoms with Gasteiger partial charge in [0.05, 0.1) is 6.10 Å². The third-order valence-corrected chi connectivity index (χ3v) is 4.67. The van der Waals surface area contributed by atoms with E-state index in [1.807, 2.05) is 0 Å². The van der Waals surface area contributed by atoms with Crippen molar-refractivity contribution in [1.29, 1.82) is 0 Å². The van der Waals surface area contributed by atoms with Gasteiger partial charge in [0.15, 0.2) is 0 Å². The number of aliphatic hydroxyl groups is 1. The highest BCUT2D eigenvalue weighted by molar-refractivity contribution is 7.52. The molecule has 0 aromatic heterocycles. The van der Waals surface area contributed by atoms with Crippen molar-refractivity contribution in [3.63, 3.8) is 0 Å². The van der Waals surface area contributed by atoms with Crippen LogP contribution in [0, 0.1) is 0 Å². The maximum Gasteiger partial charge on any atom is 0.251 e. The lowest BCUT2D eigenvalue weighted by molar-refractivity contribution is -0.308. The average Bonchev–Trinajstić information content (AvgIpc) is 2.80. The number of carbonyl (C=O) groups excluding carboxylic acids is 1. The first-order valence-electron chi connectivity index (χ1n) is 7.14. The van der Waals surface area contributed by atoms with Gasteiger partial charge in [0, 0.05) is 24.9 Å². The second kappa shape index (κ2) is 7.30. The molecule has 11 nitrogen and oxygen atoms in total. The number of hydrogen-bond donors (Lipinski definition) is 2. The van der Waals surface area contributed by atoms with Crippen molar-refractivity contribution in [3.8, 4) is 0 Å². The monoisotopic (exact) mass is 395 g/mol. The molecule has 2 heterocycles. The molecule has 0 aromatic carbocycles. The summed E-state index contributed by atoms with van der Waals surface area (Å²) < 4.78 is 32.6. The normalized spacial score (nSPS) is 33.3. The van der Waals surface area contributed by atoms with Gasteiger partial charge in [-0.3, -0.25) is 4.79 Å². The molecule has 0 spiro atoms. The Labute approximate surface area is 143 Å². The van der Waals surface area contributed by atoms with Crippen LogP contribution in [0.25, 0.3) is 0 Å². The van der Waals surface area contributed by atoms with Crippen molar-refractivity contribution in [1.82, 2.24) is 10.2 Å². The zero-order valence-corrected chi connectivity index (χ0v) is 15.1. The maximum atomic E-state index is 11.5. The number of carbonyl (C=O) groups is 1. The van der Waals surface area contributed by atoms with E-state index in [1.54, 1.807) is 0 Å². The molecule has 0 aromatic rings. The van der Waals surface area contributed by atoms with Gasteiger partial charge in [0.1, 0.15) is 19.9 Å². The Bertz CT molecular complexity index is 682. The standard InChI is InChI=1S/C12H20N2O9P2/c1-7-6-14(12(16)13-11(7)15)10-5-9(23-24(2,17)18)8(22-10)3-4-25(19,20)21/h3-4,6,8-10,12,16H,5H2,1-2H3,(H,13,15)(H,17,18)(H2,19,20,21)/p-3/b4-3+. The van der Waals surface area contributed by atoms with Crippen molar-refractivity contribution < 1.29 is 43.0 Å². The second-order valence-electron chi connectivity index (χ2n) is 5.69. The molecule has 0 bridgehead atoms.